The molecule has 0 aliphatic carbocycles. The van der Waals surface area contributed by atoms with Crippen LogP contribution in [0.25, 0.3) is 10.2 Å². The van der Waals surface area contributed by atoms with Gasteiger partial charge < -0.3 is 10.2 Å². The number of hydrogen-bond acceptors (Lipinski definition) is 4. The van der Waals surface area contributed by atoms with Crippen molar-refractivity contribution in [2.24, 2.45) is 0 Å². The lowest BCUT2D eigenvalue weighted by Crippen LogP contribution is -2.18. The Balaban J connectivity index is 1.55. The second kappa shape index (κ2) is 8.82. The fourth-order valence-corrected chi connectivity index (χ4v) is 3.96. The molecule has 2 aromatic carbocycles. The van der Waals surface area contributed by atoms with Gasteiger partial charge in [-0.25, -0.2) is 4.98 Å². The van der Waals surface area contributed by atoms with Crippen molar-refractivity contribution in [3.8, 4) is 0 Å². The molecule has 1 heterocycles. The zero-order chi connectivity index (χ0) is 21.0. The van der Waals surface area contributed by atoms with E-state index in [9.17, 15) is 18.0 Å². The predicted molar refractivity (Wildman–Crippen MR) is 112 cm³/mol. The van der Waals surface area contributed by atoms with Crippen molar-refractivity contribution in [1.82, 2.24) is 4.98 Å². The van der Waals surface area contributed by atoms with Crippen LogP contribution in [0.3, 0.4) is 0 Å². The Morgan fingerprint density at radius 2 is 1.90 bits per heavy atom. The predicted octanol–water partition coefficient (Wildman–Crippen LogP) is 5.73. The van der Waals surface area contributed by atoms with E-state index in [2.05, 4.69) is 10.3 Å². The van der Waals surface area contributed by atoms with Crippen LogP contribution in [0.15, 0.2) is 42.5 Å². The van der Waals surface area contributed by atoms with E-state index in [4.69, 9.17) is 0 Å². The molecule has 0 saturated heterocycles. The third-order valence-electron chi connectivity index (χ3n) is 4.48. The van der Waals surface area contributed by atoms with Gasteiger partial charge in [-0.15, -0.1) is 11.3 Å². The number of aryl methyl sites for hydroxylation is 1. The van der Waals surface area contributed by atoms with Gasteiger partial charge in [0.1, 0.15) is 0 Å². The highest BCUT2D eigenvalue weighted by Gasteiger charge is 2.34. The van der Waals surface area contributed by atoms with Crippen LogP contribution in [0.1, 0.15) is 29.8 Å². The molecule has 0 bridgehead atoms. The average molecular weight is 421 g/mol. The number of nitrogens with zero attached hydrogens (tertiary/aromatic N) is 2. The van der Waals surface area contributed by atoms with Crippen molar-refractivity contribution >= 4 is 38.8 Å². The van der Waals surface area contributed by atoms with E-state index in [0.29, 0.717) is 12.1 Å². The minimum atomic E-state index is -4.54. The van der Waals surface area contributed by atoms with E-state index in [1.165, 1.54) is 6.07 Å². The van der Waals surface area contributed by atoms with Gasteiger partial charge in [-0.1, -0.05) is 12.1 Å². The zero-order valence-electron chi connectivity index (χ0n) is 16.2. The second-order valence-corrected chi connectivity index (χ2v) is 8.07. The van der Waals surface area contributed by atoms with Crippen LogP contribution in [-0.4, -0.2) is 25.0 Å². The number of carbonyl (C=O) groups is 1. The molecule has 0 saturated carbocycles. The summed E-state index contributed by atoms with van der Waals surface area (Å²) in [4.78, 5) is 18.3. The summed E-state index contributed by atoms with van der Waals surface area (Å²) in [6.45, 7) is 0. The summed E-state index contributed by atoms with van der Waals surface area (Å²) >= 11 is 1.63. The van der Waals surface area contributed by atoms with Crippen LogP contribution in [0, 0.1) is 0 Å². The molecule has 0 aliphatic rings. The number of hydrogen-bond donors (Lipinski definition) is 1. The lowest BCUT2D eigenvalue weighted by molar-refractivity contribution is -0.136. The molecule has 0 radical (unpaired) electrons. The Labute approximate surface area is 171 Å². The van der Waals surface area contributed by atoms with Crippen LogP contribution < -0.4 is 10.2 Å². The van der Waals surface area contributed by atoms with Gasteiger partial charge in [0.2, 0.25) is 5.91 Å². The minimum absolute atomic E-state index is 0.164. The summed E-state index contributed by atoms with van der Waals surface area (Å²) in [5, 5.41) is 3.42. The normalized spacial score (nSPS) is 11.6. The van der Waals surface area contributed by atoms with Crippen LogP contribution in [-0.2, 0) is 17.4 Å². The number of rotatable bonds is 7. The summed E-state index contributed by atoms with van der Waals surface area (Å²) in [7, 11) is 3.33. The number of fused-ring (bicyclic) bond motifs is 1. The number of anilines is 2. The van der Waals surface area contributed by atoms with Crippen molar-refractivity contribution in [2.75, 3.05) is 24.3 Å². The molecule has 0 spiro atoms. The van der Waals surface area contributed by atoms with Crippen LogP contribution >= 0.6 is 11.3 Å². The Morgan fingerprint density at radius 3 is 2.59 bits per heavy atom. The van der Waals surface area contributed by atoms with Gasteiger partial charge in [0.15, 0.2) is 0 Å². The molecule has 3 rings (SSSR count). The van der Waals surface area contributed by atoms with E-state index < -0.39 is 17.6 Å². The highest BCUT2D eigenvalue weighted by Crippen LogP contribution is 2.37. The van der Waals surface area contributed by atoms with E-state index in [-0.39, 0.29) is 12.1 Å². The number of alkyl halides is 3. The van der Waals surface area contributed by atoms with E-state index in [1.54, 1.807) is 36.4 Å². The molecule has 3 aromatic rings. The van der Waals surface area contributed by atoms with E-state index >= 15 is 0 Å². The standard InChI is InChI=1S/C21H22F3N3OS/c1-27(2)14-11-12-16(15(13-14)21(22,23)24)25-19(28)9-5-6-10-20-26-17-7-3-4-8-18(17)29-20/h3-4,7-8,11-13H,5-6,9-10H2,1-2H3,(H,25,28). The lowest BCUT2D eigenvalue weighted by Gasteiger charge is -2.18. The first-order valence-corrected chi connectivity index (χ1v) is 10.1. The highest BCUT2D eigenvalue weighted by molar-refractivity contribution is 7.18. The average Bonchev–Trinajstić information content (AvgIpc) is 3.07. The van der Waals surface area contributed by atoms with Crippen LogP contribution in [0.5, 0.6) is 0 Å². The van der Waals surface area contributed by atoms with E-state index in [1.807, 2.05) is 24.3 Å². The van der Waals surface area contributed by atoms with Crippen molar-refractivity contribution < 1.29 is 18.0 Å². The smallest absolute Gasteiger partial charge is 0.378 e. The number of halogens is 3. The van der Waals surface area contributed by atoms with Gasteiger partial charge in [0, 0.05) is 26.2 Å². The first kappa shape index (κ1) is 21.1. The fraction of sp³-hybridized carbons (Fsp3) is 0.333. The topological polar surface area (TPSA) is 45.2 Å². The number of aromatic nitrogens is 1. The summed E-state index contributed by atoms with van der Waals surface area (Å²) in [5.74, 6) is -0.419. The largest absolute Gasteiger partial charge is 0.418 e. The number of thiazole rings is 1. The highest BCUT2D eigenvalue weighted by atomic mass is 32.1. The van der Waals surface area contributed by atoms with Crippen molar-refractivity contribution in [1.29, 1.82) is 0 Å². The zero-order valence-corrected chi connectivity index (χ0v) is 17.0. The van der Waals surface area contributed by atoms with Gasteiger partial charge in [0.25, 0.3) is 0 Å². The van der Waals surface area contributed by atoms with Gasteiger partial charge in [0.05, 0.1) is 26.5 Å². The lowest BCUT2D eigenvalue weighted by atomic mass is 10.1. The first-order valence-electron chi connectivity index (χ1n) is 9.27. The SMILES string of the molecule is CN(C)c1ccc(NC(=O)CCCCc2nc3ccccc3s2)c(C(F)(F)F)c1. The molecule has 29 heavy (non-hydrogen) atoms. The Kier molecular flexibility index (Phi) is 6.42. The maximum Gasteiger partial charge on any atom is 0.418 e. The molecule has 0 unspecified atom stereocenters. The maximum atomic E-state index is 13.3. The summed E-state index contributed by atoms with van der Waals surface area (Å²) in [5.41, 5.74) is 0.336. The summed E-state index contributed by atoms with van der Waals surface area (Å²) < 4.78 is 41.2. The molecule has 0 atom stereocenters. The van der Waals surface area contributed by atoms with Crippen molar-refractivity contribution in [3.05, 3.63) is 53.0 Å². The summed E-state index contributed by atoms with van der Waals surface area (Å²) in [6.07, 6.45) is -2.30. The van der Waals surface area contributed by atoms with Gasteiger partial charge in [-0.05, 0) is 49.6 Å². The van der Waals surface area contributed by atoms with Crippen LogP contribution in [0.4, 0.5) is 24.5 Å². The monoisotopic (exact) mass is 421 g/mol. The van der Waals surface area contributed by atoms with Gasteiger partial charge in [-0.2, -0.15) is 13.2 Å². The number of nitrogens with one attached hydrogen (secondary N) is 1. The van der Waals surface area contributed by atoms with Gasteiger partial charge in [-0.3, -0.25) is 4.79 Å². The molecule has 1 N–H and O–H groups in total. The molecule has 1 aromatic heterocycles. The first-order chi connectivity index (χ1) is 13.7. The maximum absolute atomic E-state index is 13.3. The Bertz CT molecular complexity index is 965. The number of amides is 1. The third kappa shape index (κ3) is 5.47. The van der Waals surface area contributed by atoms with E-state index in [0.717, 1.165) is 34.1 Å². The molecule has 4 nitrogen and oxygen atoms in total. The molecule has 0 fully saturated rings. The molecular weight excluding hydrogens is 399 g/mol. The Hall–Kier alpha value is -2.61. The summed E-state index contributed by atoms with van der Waals surface area (Å²) in [6, 6.07) is 11.8. The number of benzene rings is 2. The van der Waals surface area contributed by atoms with Crippen molar-refractivity contribution in [3.63, 3.8) is 0 Å². The minimum Gasteiger partial charge on any atom is -0.378 e. The molecule has 0 aliphatic heterocycles. The third-order valence-corrected chi connectivity index (χ3v) is 5.58. The molecular formula is C21H22F3N3OS. The van der Waals surface area contributed by atoms with Gasteiger partial charge >= 0.3 is 6.18 Å². The quantitative estimate of drug-likeness (QED) is 0.496. The number of para-hydroxylation sites is 1. The fourth-order valence-electron chi connectivity index (χ4n) is 2.96. The number of carbonyl (C=O) groups excluding carboxylic acids is 1. The molecule has 154 valence electrons. The van der Waals surface area contributed by atoms with Crippen LogP contribution in [0.2, 0.25) is 0 Å². The molecule has 8 heteroatoms. The second-order valence-electron chi connectivity index (χ2n) is 6.95. The molecule has 1 amide bonds. The Morgan fingerprint density at radius 1 is 1.14 bits per heavy atom. The number of unbranched alkanes of at least 4 members (excludes halogenated alkanes) is 1. The van der Waals surface area contributed by atoms with Crippen molar-refractivity contribution in [2.45, 2.75) is 31.9 Å².